The van der Waals surface area contributed by atoms with E-state index in [4.69, 9.17) is 0 Å². The molecule has 6 aromatic carbocycles. The van der Waals surface area contributed by atoms with Gasteiger partial charge in [-0.1, -0.05) is 140 Å². The van der Waals surface area contributed by atoms with E-state index in [1.54, 1.807) is 0 Å². The highest BCUT2D eigenvalue weighted by Gasteiger charge is 2.46. The van der Waals surface area contributed by atoms with Crippen molar-refractivity contribution in [2.24, 2.45) is 0 Å². The normalized spacial score (nSPS) is 14.6. The van der Waals surface area contributed by atoms with Crippen LogP contribution < -0.4 is 25.5 Å². The van der Waals surface area contributed by atoms with Crippen LogP contribution in [0.25, 0.3) is 10.1 Å². The van der Waals surface area contributed by atoms with Crippen LogP contribution in [0, 0.1) is 0 Å². The number of anilines is 6. The van der Waals surface area contributed by atoms with Gasteiger partial charge in [0.15, 0.2) is 0 Å². The number of hydrogen-bond acceptors (Lipinski definition) is 5. The van der Waals surface area contributed by atoms with E-state index in [1.165, 1.54) is 96.2 Å². The van der Waals surface area contributed by atoms with Crippen molar-refractivity contribution in [2.45, 2.75) is 98.1 Å². The zero-order valence-electron chi connectivity index (χ0n) is 33.7. The lowest BCUT2D eigenvalue weighted by Gasteiger charge is -2.43. The quantitative estimate of drug-likeness (QED) is 0.161. The molecule has 6 heteroatoms. The Kier molecular flexibility index (Phi) is 8.09. The zero-order chi connectivity index (χ0) is 38.9. The molecule has 10 rings (SSSR count). The number of fused-ring (bicyclic) bond motifs is 9. The van der Waals surface area contributed by atoms with Crippen LogP contribution in [0.4, 0.5) is 34.1 Å². The van der Waals surface area contributed by atoms with Gasteiger partial charge in [-0.05, 0) is 111 Å². The molecule has 0 atom stereocenters. The molecule has 278 valence electrons. The van der Waals surface area contributed by atoms with E-state index in [0.717, 1.165) is 0 Å². The van der Waals surface area contributed by atoms with E-state index < -0.39 is 0 Å². The molecule has 0 N–H and O–H groups in total. The minimum atomic E-state index is 0.00678. The van der Waals surface area contributed by atoms with Gasteiger partial charge in [0.2, 0.25) is 0 Å². The molecule has 0 fully saturated rings. The highest BCUT2D eigenvalue weighted by molar-refractivity contribution is 8.05. The third kappa shape index (κ3) is 5.61. The fraction of sp³-hybridized carbons (Fsp3) is 0.240. The van der Waals surface area contributed by atoms with Gasteiger partial charge in [0.1, 0.15) is 0 Å². The fourth-order valence-corrected chi connectivity index (χ4v) is 12.5. The standard InChI is InChI=1S/C50H47BN2S3/c1-48(2,3)30-17-22-33(23-18-30)52-36-26-21-32(50(7,8)9)29-35(36)51-44-37(52)13-12-14-38(44)53(34-24-19-31(20-25-34)49(4,5)6)45-43-41(56-47(45)51)27-28-42-46(43)55-40-16-11-10-15-39(40)54-42/h10-29H,1-9H3. The monoisotopic (exact) mass is 782 g/mol. The Balaban J connectivity index is 1.28. The second-order valence-corrected chi connectivity index (χ2v) is 21.9. The van der Waals surface area contributed by atoms with Crippen LogP contribution in [0.3, 0.4) is 0 Å². The van der Waals surface area contributed by atoms with E-state index in [-0.39, 0.29) is 23.0 Å². The minimum Gasteiger partial charge on any atom is -0.311 e. The molecule has 0 aliphatic carbocycles. The molecular weight excluding hydrogens is 736 g/mol. The molecule has 3 aliphatic heterocycles. The van der Waals surface area contributed by atoms with E-state index >= 15 is 0 Å². The highest BCUT2D eigenvalue weighted by Crippen LogP contribution is 2.56. The van der Waals surface area contributed by atoms with Crippen molar-refractivity contribution in [1.29, 1.82) is 0 Å². The maximum absolute atomic E-state index is 2.61. The Morgan fingerprint density at radius 2 is 1.04 bits per heavy atom. The molecule has 0 spiro atoms. The van der Waals surface area contributed by atoms with Crippen LogP contribution in [0.2, 0.25) is 0 Å². The first-order chi connectivity index (χ1) is 26.7. The summed E-state index contributed by atoms with van der Waals surface area (Å²) in [6.07, 6.45) is 0. The number of rotatable bonds is 2. The Labute approximate surface area is 345 Å². The Bertz CT molecular complexity index is 2710. The molecule has 7 aromatic rings. The number of nitrogens with zero attached hydrogens (tertiary/aromatic N) is 2. The smallest absolute Gasteiger partial charge is 0.264 e. The van der Waals surface area contributed by atoms with Crippen LogP contribution in [-0.4, -0.2) is 6.71 Å². The van der Waals surface area contributed by atoms with Gasteiger partial charge < -0.3 is 9.80 Å². The number of thiophene rings is 1. The van der Waals surface area contributed by atoms with Crippen LogP contribution in [0.5, 0.6) is 0 Å². The molecule has 0 radical (unpaired) electrons. The SMILES string of the molecule is CC(C)(C)c1ccc(N2c3ccc(C(C)(C)C)cc3B3c4sc5ccc6c(c5c4N(c4ccc(C(C)(C)C)cc4)c4cccc2c43)Sc2ccccc2S6)cc1. The van der Waals surface area contributed by atoms with Crippen LogP contribution in [0.15, 0.2) is 141 Å². The summed E-state index contributed by atoms with van der Waals surface area (Å²) in [5.41, 5.74) is 14.5. The summed E-state index contributed by atoms with van der Waals surface area (Å²) in [5, 5.41) is 1.37. The molecular formula is C50H47BN2S3. The summed E-state index contributed by atoms with van der Waals surface area (Å²) < 4.78 is 2.77. The van der Waals surface area contributed by atoms with Gasteiger partial charge in [0.05, 0.1) is 5.69 Å². The lowest BCUT2D eigenvalue weighted by Crippen LogP contribution is -2.60. The van der Waals surface area contributed by atoms with E-state index in [1.807, 2.05) is 34.9 Å². The average Bonchev–Trinajstić information content (AvgIpc) is 3.55. The largest absolute Gasteiger partial charge is 0.311 e. The zero-order valence-corrected chi connectivity index (χ0v) is 36.2. The topological polar surface area (TPSA) is 6.48 Å². The lowest BCUT2D eigenvalue weighted by molar-refractivity contribution is 0.590. The molecule has 0 saturated heterocycles. The van der Waals surface area contributed by atoms with Crippen molar-refractivity contribution < 1.29 is 0 Å². The maximum atomic E-state index is 2.61. The first-order valence-electron chi connectivity index (χ1n) is 19.8. The molecule has 0 unspecified atom stereocenters. The van der Waals surface area contributed by atoms with Crippen molar-refractivity contribution in [3.05, 3.63) is 138 Å². The number of hydrogen-bond donors (Lipinski definition) is 0. The fourth-order valence-electron chi connectivity index (χ4n) is 8.72. The number of benzene rings is 6. The summed E-state index contributed by atoms with van der Waals surface area (Å²) in [4.78, 5) is 10.5. The second-order valence-electron chi connectivity index (χ2n) is 18.7. The summed E-state index contributed by atoms with van der Waals surface area (Å²) in [7, 11) is 0. The van der Waals surface area contributed by atoms with Gasteiger partial charge in [-0.15, -0.1) is 11.3 Å². The average molecular weight is 783 g/mol. The van der Waals surface area contributed by atoms with Crippen molar-refractivity contribution in [3.63, 3.8) is 0 Å². The summed E-state index contributed by atoms with van der Waals surface area (Å²) in [5.74, 6) is 0. The lowest BCUT2D eigenvalue weighted by atomic mass is 9.36. The van der Waals surface area contributed by atoms with E-state index in [0.29, 0.717) is 0 Å². The van der Waals surface area contributed by atoms with Gasteiger partial charge in [-0.2, -0.15) is 0 Å². The van der Waals surface area contributed by atoms with Crippen molar-refractivity contribution >= 4 is 101 Å². The van der Waals surface area contributed by atoms with Crippen LogP contribution >= 0.6 is 34.9 Å². The van der Waals surface area contributed by atoms with Gasteiger partial charge in [0.25, 0.3) is 6.71 Å². The molecule has 0 bridgehead atoms. The first kappa shape index (κ1) is 36.0. The molecule has 2 nitrogen and oxygen atoms in total. The van der Waals surface area contributed by atoms with E-state index in [9.17, 15) is 0 Å². The summed E-state index contributed by atoms with van der Waals surface area (Å²) in [6, 6.07) is 46.7. The van der Waals surface area contributed by atoms with Crippen molar-refractivity contribution in [1.82, 2.24) is 0 Å². The van der Waals surface area contributed by atoms with Gasteiger partial charge >= 0.3 is 0 Å². The molecule has 0 amide bonds. The molecule has 0 saturated carbocycles. The van der Waals surface area contributed by atoms with Crippen LogP contribution in [-0.2, 0) is 16.2 Å². The first-order valence-corrected chi connectivity index (χ1v) is 22.2. The maximum Gasteiger partial charge on any atom is 0.264 e. The summed E-state index contributed by atoms with van der Waals surface area (Å²) >= 11 is 5.85. The Morgan fingerprint density at radius 1 is 0.482 bits per heavy atom. The molecule has 1 aromatic heterocycles. The van der Waals surface area contributed by atoms with E-state index in [2.05, 4.69) is 193 Å². The third-order valence-electron chi connectivity index (χ3n) is 11.8. The predicted octanol–water partition coefficient (Wildman–Crippen LogP) is 13.5. The molecule has 4 heterocycles. The molecule has 56 heavy (non-hydrogen) atoms. The third-order valence-corrected chi connectivity index (χ3v) is 15.6. The van der Waals surface area contributed by atoms with Gasteiger partial charge in [-0.3, -0.25) is 0 Å². The Morgan fingerprint density at radius 3 is 1.64 bits per heavy atom. The highest BCUT2D eigenvalue weighted by atomic mass is 32.2. The Hall–Kier alpha value is -4.36. The summed E-state index contributed by atoms with van der Waals surface area (Å²) in [6.45, 7) is 20.9. The van der Waals surface area contributed by atoms with Gasteiger partial charge in [0, 0.05) is 62.9 Å². The van der Waals surface area contributed by atoms with Gasteiger partial charge in [-0.25, -0.2) is 0 Å². The second kappa shape index (κ2) is 12.6. The van der Waals surface area contributed by atoms with Crippen molar-refractivity contribution in [3.8, 4) is 0 Å². The minimum absolute atomic E-state index is 0.00678. The van der Waals surface area contributed by atoms with Crippen molar-refractivity contribution in [2.75, 3.05) is 9.80 Å². The van der Waals surface area contributed by atoms with Crippen LogP contribution in [0.1, 0.15) is 79.0 Å². The predicted molar refractivity (Wildman–Crippen MR) is 247 cm³/mol. The molecule has 3 aliphatic rings.